The number of fused-ring (bicyclic) bond motifs is 9. The molecule has 0 aliphatic heterocycles. The van der Waals surface area contributed by atoms with Gasteiger partial charge in [0.25, 0.3) is 0 Å². The predicted octanol–water partition coefficient (Wildman–Crippen LogP) is 8.08. The van der Waals surface area contributed by atoms with Crippen LogP contribution in [0.15, 0.2) is 133 Å². The number of aromatic nitrogens is 2. The highest BCUT2D eigenvalue weighted by Gasteiger charge is 2.51. The second-order valence-electron chi connectivity index (χ2n) is 10.1. The van der Waals surface area contributed by atoms with Crippen molar-refractivity contribution in [1.29, 1.82) is 0 Å². The van der Waals surface area contributed by atoms with Crippen LogP contribution in [0, 0.1) is 0 Å². The lowest BCUT2D eigenvalue weighted by Crippen LogP contribution is -2.36. The molecule has 0 N–H and O–H groups in total. The van der Waals surface area contributed by atoms with E-state index < -0.39 is 5.41 Å². The average molecular weight is 485 g/mol. The van der Waals surface area contributed by atoms with Crippen molar-refractivity contribution in [3.63, 3.8) is 0 Å². The zero-order valence-corrected chi connectivity index (χ0v) is 20.8. The van der Waals surface area contributed by atoms with Gasteiger partial charge in [0, 0.05) is 23.1 Å². The summed E-state index contributed by atoms with van der Waals surface area (Å²) in [6.45, 7) is 0. The third kappa shape index (κ3) is 2.83. The Morgan fingerprint density at radius 1 is 0.474 bits per heavy atom. The van der Waals surface area contributed by atoms with Crippen molar-refractivity contribution in [2.75, 3.05) is 0 Å². The van der Waals surface area contributed by atoms with Crippen LogP contribution in [-0.4, -0.2) is 9.97 Å². The van der Waals surface area contributed by atoms with Crippen LogP contribution in [0.5, 0.6) is 0 Å². The van der Waals surface area contributed by atoms with Gasteiger partial charge in [0.15, 0.2) is 5.82 Å². The molecule has 1 aromatic heterocycles. The number of hydrogen-bond acceptors (Lipinski definition) is 2. The number of nitrogens with zero attached hydrogens (tertiary/aromatic N) is 2. The van der Waals surface area contributed by atoms with Crippen LogP contribution in [0.2, 0.25) is 0 Å². The van der Waals surface area contributed by atoms with Crippen LogP contribution >= 0.6 is 0 Å². The fraction of sp³-hybridized carbons (Fsp3) is 0.0556. The Morgan fingerprint density at radius 3 is 1.66 bits per heavy atom. The molecule has 8 rings (SSSR count). The molecule has 2 heteroatoms. The molecular formula is C36H24N2. The van der Waals surface area contributed by atoms with E-state index in [0.29, 0.717) is 0 Å². The van der Waals surface area contributed by atoms with E-state index in [-0.39, 0.29) is 0 Å². The SMILES string of the molecule is c1ccc(-c2nc(-c3ccccc3)c3c(n2)C2(c4ccccc4C3)c3ccccc3-c3ccccc32)cc1. The molecule has 5 aromatic carbocycles. The summed E-state index contributed by atoms with van der Waals surface area (Å²) in [5.74, 6) is 0.767. The molecular weight excluding hydrogens is 460 g/mol. The van der Waals surface area contributed by atoms with E-state index in [1.54, 1.807) is 0 Å². The molecule has 0 amide bonds. The fourth-order valence-corrected chi connectivity index (χ4v) is 6.65. The van der Waals surface area contributed by atoms with E-state index in [9.17, 15) is 0 Å². The Bertz CT molecular complexity index is 1790. The Balaban J connectivity index is 1.57. The molecule has 2 aliphatic rings. The van der Waals surface area contributed by atoms with Gasteiger partial charge >= 0.3 is 0 Å². The summed E-state index contributed by atoms with van der Waals surface area (Å²) in [5.41, 5.74) is 12.8. The first kappa shape index (κ1) is 21.3. The van der Waals surface area contributed by atoms with Crippen molar-refractivity contribution in [2.24, 2.45) is 0 Å². The molecule has 0 unspecified atom stereocenters. The van der Waals surface area contributed by atoms with Crippen LogP contribution in [0.1, 0.15) is 33.5 Å². The Kier molecular flexibility index (Phi) is 4.53. The van der Waals surface area contributed by atoms with Gasteiger partial charge in [-0.15, -0.1) is 0 Å². The van der Waals surface area contributed by atoms with Crippen molar-refractivity contribution in [3.05, 3.63) is 167 Å². The molecule has 178 valence electrons. The Morgan fingerprint density at radius 2 is 1.00 bits per heavy atom. The van der Waals surface area contributed by atoms with Crippen LogP contribution in [-0.2, 0) is 11.8 Å². The van der Waals surface area contributed by atoms with Crippen molar-refractivity contribution >= 4 is 0 Å². The quantitative estimate of drug-likeness (QED) is 0.248. The maximum Gasteiger partial charge on any atom is 0.160 e. The maximum absolute atomic E-state index is 5.49. The maximum atomic E-state index is 5.49. The highest BCUT2D eigenvalue weighted by molar-refractivity contribution is 5.88. The summed E-state index contributed by atoms with van der Waals surface area (Å²) in [4.78, 5) is 10.7. The molecule has 0 saturated carbocycles. The predicted molar refractivity (Wildman–Crippen MR) is 153 cm³/mol. The molecule has 0 fully saturated rings. The van der Waals surface area contributed by atoms with E-state index in [1.807, 2.05) is 6.07 Å². The highest BCUT2D eigenvalue weighted by atomic mass is 14.9. The molecule has 2 aliphatic carbocycles. The number of rotatable bonds is 2. The number of benzene rings is 5. The lowest BCUT2D eigenvalue weighted by atomic mass is 9.63. The monoisotopic (exact) mass is 484 g/mol. The van der Waals surface area contributed by atoms with E-state index in [2.05, 4.69) is 127 Å². The van der Waals surface area contributed by atoms with Gasteiger partial charge in [-0.3, -0.25) is 0 Å². The minimum Gasteiger partial charge on any atom is -0.231 e. The topological polar surface area (TPSA) is 25.8 Å². The Hall–Kier alpha value is -4.82. The summed E-state index contributed by atoms with van der Waals surface area (Å²) in [6.07, 6.45) is 0.802. The summed E-state index contributed by atoms with van der Waals surface area (Å²) < 4.78 is 0. The van der Waals surface area contributed by atoms with Crippen molar-refractivity contribution in [3.8, 4) is 33.8 Å². The molecule has 0 saturated heterocycles. The zero-order chi connectivity index (χ0) is 25.1. The van der Waals surface area contributed by atoms with Gasteiger partial charge in [-0.2, -0.15) is 0 Å². The van der Waals surface area contributed by atoms with Gasteiger partial charge in [-0.25, -0.2) is 9.97 Å². The van der Waals surface area contributed by atoms with Crippen LogP contribution in [0.25, 0.3) is 33.8 Å². The minimum absolute atomic E-state index is 0.507. The summed E-state index contributed by atoms with van der Waals surface area (Å²) in [6, 6.07) is 47.6. The van der Waals surface area contributed by atoms with Crippen molar-refractivity contribution in [2.45, 2.75) is 11.8 Å². The first-order valence-corrected chi connectivity index (χ1v) is 13.2. The third-order valence-electron chi connectivity index (χ3n) is 8.18. The van der Waals surface area contributed by atoms with Gasteiger partial charge < -0.3 is 0 Å². The van der Waals surface area contributed by atoms with E-state index >= 15 is 0 Å². The van der Waals surface area contributed by atoms with Crippen LogP contribution in [0.4, 0.5) is 0 Å². The minimum atomic E-state index is -0.507. The third-order valence-corrected chi connectivity index (χ3v) is 8.18. The fourth-order valence-electron chi connectivity index (χ4n) is 6.65. The molecule has 1 spiro atoms. The van der Waals surface area contributed by atoms with Crippen molar-refractivity contribution < 1.29 is 0 Å². The lowest BCUT2D eigenvalue weighted by molar-refractivity contribution is 0.687. The second-order valence-corrected chi connectivity index (χ2v) is 10.1. The molecule has 0 radical (unpaired) electrons. The van der Waals surface area contributed by atoms with Gasteiger partial charge in [-0.05, 0) is 33.4 Å². The van der Waals surface area contributed by atoms with E-state index in [0.717, 1.165) is 34.8 Å². The van der Waals surface area contributed by atoms with Crippen LogP contribution in [0.3, 0.4) is 0 Å². The molecule has 0 bridgehead atoms. The van der Waals surface area contributed by atoms with Gasteiger partial charge in [0.05, 0.1) is 16.8 Å². The summed E-state index contributed by atoms with van der Waals surface area (Å²) in [5, 5.41) is 0. The molecule has 2 nitrogen and oxygen atoms in total. The first-order chi connectivity index (χ1) is 18.9. The van der Waals surface area contributed by atoms with Gasteiger partial charge in [0.2, 0.25) is 0 Å². The standard InChI is InChI=1S/C36H24N2/c1-3-13-24(14-4-1)33-29-23-26-17-7-10-20-30(26)36(34(29)38-35(37-33)25-15-5-2-6-16-25)31-21-11-8-18-27(31)28-19-9-12-22-32(28)36/h1-22H,23H2. The summed E-state index contributed by atoms with van der Waals surface area (Å²) >= 11 is 0. The van der Waals surface area contributed by atoms with E-state index in [1.165, 1.54) is 38.9 Å². The molecule has 0 atom stereocenters. The van der Waals surface area contributed by atoms with Gasteiger partial charge in [-0.1, -0.05) is 133 Å². The largest absolute Gasteiger partial charge is 0.231 e. The zero-order valence-electron chi connectivity index (χ0n) is 20.8. The molecule has 1 heterocycles. The normalized spacial score (nSPS) is 13.9. The summed E-state index contributed by atoms with van der Waals surface area (Å²) in [7, 11) is 0. The average Bonchev–Trinajstić information content (AvgIpc) is 3.29. The molecule has 38 heavy (non-hydrogen) atoms. The van der Waals surface area contributed by atoms with Crippen LogP contribution < -0.4 is 0 Å². The smallest absolute Gasteiger partial charge is 0.160 e. The van der Waals surface area contributed by atoms with Crippen molar-refractivity contribution in [1.82, 2.24) is 9.97 Å². The molecule has 6 aromatic rings. The number of hydrogen-bond donors (Lipinski definition) is 0. The highest BCUT2D eigenvalue weighted by Crippen LogP contribution is 2.59. The van der Waals surface area contributed by atoms with E-state index in [4.69, 9.17) is 9.97 Å². The lowest BCUT2D eigenvalue weighted by Gasteiger charge is -2.39. The van der Waals surface area contributed by atoms with Gasteiger partial charge in [0.1, 0.15) is 0 Å². The Labute approximate surface area is 222 Å². The first-order valence-electron chi connectivity index (χ1n) is 13.2. The second kappa shape index (κ2) is 8.09.